The van der Waals surface area contributed by atoms with E-state index in [0.29, 0.717) is 6.61 Å². The maximum atomic E-state index is 12.6. The van der Waals surface area contributed by atoms with E-state index in [1.807, 2.05) is 50.2 Å². The van der Waals surface area contributed by atoms with Crippen molar-refractivity contribution in [3.8, 4) is 5.75 Å². The van der Waals surface area contributed by atoms with E-state index in [-0.39, 0.29) is 23.0 Å². The average molecular weight is 392 g/mol. The first kappa shape index (κ1) is 20.9. The summed E-state index contributed by atoms with van der Waals surface area (Å²) in [7, 11) is -0.111. The van der Waals surface area contributed by atoms with Crippen LogP contribution in [0.3, 0.4) is 0 Å². The molecule has 0 radical (unpaired) electrons. The lowest BCUT2D eigenvalue weighted by atomic mass is 10.1. The van der Waals surface area contributed by atoms with E-state index in [0.717, 1.165) is 17.4 Å². The summed E-state index contributed by atoms with van der Waals surface area (Å²) in [5.41, 5.74) is 0.860. The highest BCUT2D eigenvalue weighted by Crippen LogP contribution is 2.22. The number of hydrogen-bond donors (Lipinski definition) is 2. The van der Waals surface area contributed by atoms with Crippen molar-refractivity contribution in [2.75, 3.05) is 27.2 Å². The molecule has 0 aromatic heterocycles. The number of benzene rings is 2. The fourth-order valence-corrected chi connectivity index (χ4v) is 3.70. The summed E-state index contributed by atoms with van der Waals surface area (Å²) in [5, 5.41) is 9.04. The second kappa shape index (κ2) is 8.98. The maximum Gasteiger partial charge on any atom is 0.335 e. The summed E-state index contributed by atoms with van der Waals surface area (Å²) in [6.45, 7) is 2.62. The smallest absolute Gasteiger partial charge is 0.335 e. The molecule has 0 aliphatic heterocycles. The number of carbonyl (C=O) groups is 1. The average Bonchev–Trinajstić information content (AvgIpc) is 2.63. The topological polar surface area (TPSA) is 95.9 Å². The quantitative estimate of drug-likeness (QED) is 0.680. The Bertz CT molecular complexity index is 879. The summed E-state index contributed by atoms with van der Waals surface area (Å²) < 4.78 is 33.1. The molecule has 0 saturated carbocycles. The molecule has 0 fully saturated rings. The van der Waals surface area contributed by atoms with Gasteiger partial charge in [0.15, 0.2) is 0 Å². The molecule has 2 N–H and O–H groups in total. The molecule has 8 heteroatoms. The van der Waals surface area contributed by atoms with E-state index in [2.05, 4.69) is 4.72 Å². The number of carboxylic acids is 1. The van der Waals surface area contributed by atoms with Crippen molar-refractivity contribution in [3.05, 3.63) is 59.7 Å². The number of nitrogens with one attached hydrogen (secondary N) is 1. The van der Waals surface area contributed by atoms with Crippen LogP contribution in [-0.4, -0.2) is 51.6 Å². The van der Waals surface area contributed by atoms with Crippen LogP contribution in [0.1, 0.15) is 28.9 Å². The summed E-state index contributed by atoms with van der Waals surface area (Å²) in [6.07, 6.45) is 0. The predicted octanol–water partition coefficient (Wildman–Crippen LogP) is 2.36. The van der Waals surface area contributed by atoms with Gasteiger partial charge in [-0.2, -0.15) is 0 Å². The number of aromatic carboxylic acids is 1. The Balaban J connectivity index is 2.17. The first-order valence-electron chi connectivity index (χ1n) is 8.47. The lowest BCUT2D eigenvalue weighted by Crippen LogP contribution is -2.34. The third-order valence-corrected chi connectivity index (χ3v) is 5.48. The van der Waals surface area contributed by atoms with Gasteiger partial charge in [0, 0.05) is 12.6 Å². The number of carboxylic acid groups (broad SMARTS) is 1. The van der Waals surface area contributed by atoms with Gasteiger partial charge >= 0.3 is 5.97 Å². The number of likely N-dealkylation sites (N-methyl/N-ethyl adjacent to an activating group) is 1. The third kappa shape index (κ3) is 5.53. The van der Waals surface area contributed by atoms with Gasteiger partial charge in [-0.1, -0.05) is 18.2 Å². The zero-order valence-electron chi connectivity index (χ0n) is 15.5. The van der Waals surface area contributed by atoms with Crippen LogP contribution in [-0.2, 0) is 10.0 Å². The van der Waals surface area contributed by atoms with Gasteiger partial charge in [-0.25, -0.2) is 17.9 Å². The Hall–Kier alpha value is -2.42. The van der Waals surface area contributed by atoms with Crippen molar-refractivity contribution in [2.45, 2.75) is 17.9 Å². The summed E-state index contributed by atoms with van der Waals surface area (Å²) in [4.78, 5) is 12.9. The molecule has 146 valence electrons. The van der Waals surface area contributed by atoms with Crippen LogP contribution in [0, 0.1) is 0 Å². The highest BCUT2D eigenvalue weighted by atomic mass is 32.2. The Labute approximate surface area is 159 Å². The summed E-state index contributed by atoms with van der Waals surface area (Å²) in [5.74, 6) is -0.419. The van der Waals surface area contributed by atoms with E-state index >= 15 is 0 Å². The van der Waals surface area contributed by atoms with Crippen molar-refractivity contribution in [1.29, 1.82) is 0 Å². The molecule has 0 saturated heterocycles. The lowest BCUT2D eigenvalue weighted by Gasteiger charge is -2.25. The number of hydrogen-bond acceptors (Lipinski definition) is 5. The normalized spacial score (nSPS) is 12.7. The maximum absolute atomic E-state index is 12.6. The molecule has 2 aromatic rings. The molecule has 7 nitrogen and oxygen atoms in total. The molecule has 0 aliphatic carbocycles. The fourth-order valence-electron chi connectivity index (χ4n) is 2.62. The Morgan fingerprint density at radius 3 is 2.41 bits per heavy atom. The number of ether oxygens (including phenoxy) is 1. The molecule has 1 unspecified atom stereocenters. The second-order valence-corrected chi connectivity index (χ2v) is 7.93. The van der Waals surface area contributed by atoms with E-state index in [9.17, 15) is 13.2 Å². The van der Waals surface area contributed by atoms with Gasteiger partial charge in [-0.15, -0.1) is 0 Å². The highest BCUT2D eigenvalue weighted by molar-refractivity contribution is 7.89. The number of nitrogens with zero attached hydrogens (tertiary/aromatic N) is 1. The number of sulfonamides is 1. The van der Waals surface area contributed by atoms with Crippen molar-refractivity contribution in [1.82, 2.24) is 9.62 Å². The lowest BCUT2D eigenvalue weighted by molar-refractivity contribution is 0.0696. The largest absolute Gasteiger partial charge is 0.494 e. The molecular formula is C19H24N2O5S. The first-order chi connectivity index (χ1) is 12.7. The SMILES string of the molecule is CCOc1ccc(C(CNS(=O)(=O)c2cccc(C(=O)O)c2)N(C)C)cc1. The van der Waals surface area contributed by atoms with Crippen molar-refractivity contribution >= 4 is 16.0 Å². The molecule has 2 rings (SSSR count). The monoisotopic (exact) mass is 392 g/mol. The standard InChI is InChI=1S/C19H24N2O5S/c1-4-26-16-10-8-14(9-11-16)18(21(2)3)13-20-27(24,25)17-7-5-6-15(12-17)19(22)23/h5-12,18,20H,4,13H2,1-3H3,(H,22,23). The molecule has 0 heterocycles. The molecule has 0 amide bonds. The molecule has 1 atom stereocenters. The van der Waals surface area contributed by atoms with Gasteiger partial charge in [0.2, 0.25) is 10.0 Å². The summed E-state index contributed by atoms with van der Waals surface area (Å²) >= 11 is 0. The fraction of sp³-hybridized carbons (Fsp3) is 0.316. The Morgan fingerprint density at radius 1 is 1.19 bits per heavy atom. The summed E-state index contributed by atoms with van der Waals surface area (Å²) in [6, 6.07) is 12.6. The van der Waals surface area contributed by atoms with Crippen LogP contribution >= 0.6 is 0 Å². The van der Waals surface area contributed by atoms with Crippen LogP contribution in [0.2, 0.25) is 0 Å². The second-order valence-electron chi connectivity index (χ2n) is 6.17. The van der Waals surface area contributed by atoms with Gasteiger partial charge < -0.3 is 14.7 Å². The zero-order valence-corrected chi connectivity index (χ0v) is 16.4. The van der Waals surface area contributed by atoms with E-state index in [1.54, 1.807) is 0 Å². The molecule has 0 aliphatic rings. The van der Waals surface area contributed by atoms with Crippen LogP contribution in [0.15, 0.2) is 53.4 Å². The number of rotatable bonds is 9. The molecule has 0 bridgehead atoms. The van der Waals surface area contributed by atoms with Crippen molar-refractivity contribution in [2.24, 2.45) is 0 Å². The van der Waals surface area contributed by atoms with Gasteiger partial charge in [0.25, 0.3) is 0 Å². The molecule has 2 aromatic carbocycles. The minimum absolute atomic E-state index is 0.0754. The molecule has 27 heavy (non-hydrogen) atoms. The minimum atomic E-state index is -3.83. The van der Waals surface area contributed by atoms with E-state index in [4.69, 9.17) is 9.84 Å². The van der Waals surface area contributed by atoms with Crippen molar-refractivity contribution < 1.29 is 23.1 Å². The zero-order chi connectivity index (χ0) is 20.0. The Morgan fingerprint density at radius 2 is 1.85 bits per heavy atom. The van der Waals surface area contributed by atoms with Gasteiger partial charge in [0.1, 0.15) is 5.75 Å². The van der Waals surface area contributed by atoms with E-state index < -0.39 is 16.0 Å². The Kier molecular flexibility index (Phi) is 6.95. The minimum Gasteiger partial charge on any atom is -0.494 e. The van der Waals surface area contributed by atoms with Crippen LogP contribution in [0.4, 0.5) is 0 Å². The van der Waals surface area contributed by atoms with Crippen LogP contribution < -0.4 is 9.46 Å². The van der Waals surface area contributed by atoms with Gasteiger partial charge in [0.05, 0.1) is 17.1 Å². The van der Waals surface area contributed by atoms with Crippen LogP contribution in [0.25, 0.3) is 0 Å². The van der Waals surface area contributed by atoms with Crippen molar-refractivity contribution in [3.63, 3.8) is 0 Å². The first-order valence-corrected chi connectivity index (χ1v) is 9.95. The van der Waals surface area contributed by atoms with E-state index in [1.165, 1.54) is 18.2 Å². The highest BCUT2D eigenvalue weighted by Gasteiger charge is 2.20. The molecule has 0 spiro atoms. The predicted molar refractivity (Wildman–Crippen MR) is 103 cm³/mol. The molecular weight excluding hydrogens is 368 g/mol. The van der Waals surface area contributed by atoms with Crippen LogP contribution in [0.5, 0.6) is 5.75 Å². The third-order valence-electron chi connectivity index (χ3n) is 4.06. The van der Waals surface area contributed by atoms with Gasteiger partial charge in [-0.05, 0) is 56.9 Å². The van der Waals surface area contributed by atoms with Gasteiger partial charge in [-0.3, -0.25) is 0 Å².